The molecule has 3 aromatic rings. The number of aliphatic hydroxyl groups excluding tert-OH is 1. The number of nitrogens with zero attached hydrogens (tertiary/aromatic N) is 1. The van der Waals surface area contributed by atoms with Crippen LogP contribution in [0.1, 0.15) is 22.7 Å². The summed E-state index contributed by atoms with van der Waals surface area (Å²) in [6, 6.07) is 16.4. The lowest BCUT2D eigenvalue weighted by Gasteiger charge is -2.26. The molecule has 1 amide bonds. The first-order chi connectivity index (χ1) is 17.8. The zero-order valence-electron chi connectivity index (χ0n) is 20.8. The second kappa shape index (κ2) is 11.0. The second-order valence-corrected chi connectivity index (χ2v) is 9.09. The molecule has 1 unspecified atom stereocenters. The number of benzene rings is 3. The Morgan fingerprint density at radius 3 is 2.08 bits per heavy atom. The summed E-state index contributed by atoms with van der Waals surface area (Å²) in [5, 5.41) is 11.4. The van der Waals surface area contributed by atoms with Gasteiger partial charge in [-0.25, -0.2) is 0 Å². The third-order valence-corrected chi connectivity index (χ3v) is 6.82. The fraction of sp³-hybridized carbons (Fsp3) is 0.214. The predicted octanol–water partition coefficient (Wildman–Crippen LogP) is 5.11. The predicted molar refractivity (Wildman–Crippen MR) is 141 cm³/mol. The molecular formula is C28H26BrNO7. The maximum Gasteiger partial charge on any atom is 0.295 e. The normalized spacial score (nSPS) is 16.6. The van der Waals surface area contributed by atoms with Crippen molar-refractivity contribution in [1.82, 2.24) is 4.90 Å². The van der Waals surface area contributed by atoms with Gasteiger partial charge >= 0.3 is 0 Å². The van der Waals surface area contributed by atoms with E-state index in [1.165, 1.54) is 26.2 Å². The number of carbonyl (C=O) groups excluding carboxylic acids is 2. The van der Waals surface area contributed by atoms with E-state index in [4.69, 9.17) is 18.9 Å². The van der Waals surface area contributed by atoms with Gasteiger partial charge in [0.05, 0.1) is 44.5 Å². The number of rotatable bonds is 8. The van der Waals surface area contributed by atoms with Gasteiger partial charge in [-0.2, -0.15) is 0 Å². The number of carbonyl (C=O) groups is 2. The average molecular weight is 568 g/mol. The van der Waals surface area contributed by atoms with Crippen LogP contribution in [-0.4, -0.2) is 50.1 Å². The zero-order chi connectivity index (χ0) is 26.7. The van der Waals surface area contributed by atoms with Crippen molar-refractivity contribution >= 4 is 33.4 Å². The highest BCUT2D eigenvalue weighted by Gasteiger charge is 2.46. The van der Waals surface area contributed by atoms with Gasteiger partial charge < -0.3 is 29.0 Å². The number of halogens is 1. The van der Waals surface area contributed by atoms with E-state index in [1.807, 2.05) is 12.1 Å². The van der Waals surface area contributed by atoms with E-state index in [1.54, 1.807) is 55.6 Å². The molecule has 4 rings (SSSR count). The summed E-state index contributed by atoms with van der Waals surface area (Å²) in [4.78, 5) is 28.1. The molecule has 3 aromatic carbocycles. The molecule has 0 spiro atoms. The Labute approximate surface area is 223 Å². The maximum absolute atomic E-state index is 13.4. The minimum Gasteiger partial charge on any atom is -0.507 e. The fourth-order valence-corrected chi connectivity index (χ4v) is 4.85. The highest BCUT2D eigenvalue weighted by Crippen LogP contribution is 2.43. The van der Waals surface area contributed by atoms with E-state index in [0.717, 1.165) is 5.56 Å². The van der Waals surface area contributed by atoms with Crippen molar-refractivity contribution in [2.45, 2.75) is 12.6 Å². The maximum atomic E-state index is 13.4. The highest BCUT2D eigenvalue weighted by atomic mass is 79.9. The number of Topliss-reactive ketones (excluding diaryl/α,β-unsaturated/α-hetero) is 1. The Bertz CT molecular complexity index is 1370. The van der Waals surface area contributed by atoms with Crippen LogP contribution in [0, 0.1) is 0 Å². The Morgan fingerprint density at radius 1 is 0.838 bits per heavy atom. The molecule has 0 aromatic heterocycles. The van der Waals surface area contributed by atoms with E-state index < -0.39 is 17.7 Å². The highest BCUT2D eigenvalue weighted by molar-refractivity contribution is 9.10. The van der Waals surface area contributed by atoms with Gasteiger partial charge in [-0.1, -0.05) is 18.2 Å². The quantitative estimate of drug-likeness (QED) is 0.230. The molecule has 192 valence electrons. The van der Waals surface area contributed by atoms with Gasteiger partial charge in [-0.15, -0.1) is 0 Å². The van der Waals surface area contributed by atoms with Crippen molar-refractivity contribution in [3.63, 3.8) is 0 Å². The minimum atomic E-state index is -0.872. The van der Waals surface area contributed by atoms with Crippen molar-refractivity contribution < 1.29 is 33.6 Å². The first-order valence-corrected chi connectivity index (χ1v) is 12.1. The number of hydrogen-bond donors (Lipinski definition) is 1. The van der Waals surface area contributed by atoms with Gasteiger partial charge in [-0.3, -0.25) is 9.59 Å². The van der Waals surface area contributed by atoms with Gasteiger partial charge in [0.2, 0.25) is 0 Å². The lowest BCUT2D eigenvalue weighted by atomic mass is 9.94. The third-order valence-electron chi connectivity index (χ3n) is 6.20. The van der Waals surface area contributed by atoms with E-state index >= 15 is 0 Å². The van der Waals surface area contributed by atoms with Gasteiger partial charge in [0.1, 0.15) is 17.3 Å². The molecule has 0 aliphatic carbocycles. The number of aliphatic hydroxyl groups is 1. The van der Waals surface area contributed by atoms with Crippen molar-refractivity contribution in [1.29, 1.82) is 0 Å². The number of methoxy groups -OCH3 is 4. The fourth-order valence-electron chi connectivity index (χ4n) is 4.31. The molecule has 1 atom stereocenters. The third kappa shape index (κ3) is 4.99. The Balaban J connectivity index is 1.87. The lowest BCUT2D eigenvalue weighted by molar-refractivity contribution is -0.140. The Kier molecular flexibility index (Phi) is 7.73. The molecule has 9 heteroatoms. The molecule has 0 bridgehead atoms. The topological polar surface area (TPSA) is 94.5 Å². The van der Waals surface area contributed by atoms with E-state index in [0.29, 0.717) is 38.6 Å². The number of likely N-dealkylation sites (tertiary alicyclic amines) is 1. The zero-order valence-corrected chi connectivity index (χ0v) is 22.4. The number of ether oxygens (including phenoxy) is 4. The van der Waals surface area contributed by atoms with Crippen molar-refractivity contribution in [2.24, 2.45) is 0 Å². The first kappa shape index (κ1) is 26.1. The number of hydrogen-bond acceptors (Lipinski definition) is 7. The number of ketones is 1. The van der Waals surface area contributed by atoms with Crippen LogP contribution in [0.3, 0.4) is 0 Å². The van der Waals surface area contributed by atoms with Crippen LogP contribution in [0.4, 0.5) is 0 Å². The van der Waals surface area contributed by atoms with Crippen molar-refractivity contribution in [2.75, 3.05) is 28.4 Å². The molecule has 1 heterocycles. The summed E-state index contributed by atoms with van der Waals surface area (Å²) in [6.07, 6.45) is 0. The molecule has 1 aliphatic rings. The summed E-state index contributed by atoms with van der Waals surface area (Å²) >= 11 is 3.41. The van der Waals surface area contributed by atoms with Gasteiger partial charge in [-0.05, 0) is 69.5 Å². The number of amides is 1. The average Bonchev–Trinajstić information content (AvgIpc) is 3.17. The molecule has 37 heavy (non-hydrogen) atoms. The molecule has 0 radical (unpaired) electrons. The van der Waals surface area contributed by atoms with E-state index in [9.17, 15) is 14.7 Å². The second-order valence-electron chi connectivity index (χ2n) is 8.24. The monoisotopic (exact) mass is 567 g/mol. The Hall–Kier alpha value is -3.98. The summed E-state index contributed by atoms with van der Waals surface area (Å²) < 4.78 is 21.9. The summed E-state index contributed by atoms with van der Waals surface area (Å²) in [6.45, 7) is 0.136. The van der Waals surface area contributed by atoms with Crippen LogP contribution >= 0.6 is 15.9 Å². The van der Waals surface area contributed by atoms with Gasteiger partial charge in [0.25, 0.3) is 11.7 Å². The summed E-state index contributed by atoms with van der Waals surface area (Å²) in [5.74, 6) is 0.376. The van der Waals surface area contributed by atoms with E-state index in [2.05, 4.69) is 15.9 Å². The first-order valence-electron chi connectivity index (χ1n) is 11.3. The summed E-state index contributed by atoms with van der Waals surface area (Å²) in [5.41, 5.74) is 1.71. The van der Waals surface area contributed by atoms with Crippen LogP contribution in [0.2, 0.25) is 0 Å². The van der Waals surface area contributed by atoms with Crippen molar-refractivity contribution in [3.05, 3.63) is 87.4 Å². The van der Waals surface area contributed by atoms with Crippen LogP contribution < -0.4 is 18.9 Å². The van der Waals surface area contributed by atoms with Crippen molar-refractivity contribution in [3.8, 4) is 23.0 Å². The SMILES string of the molecule is COc1ccc(CN2C(=O)C(=O)/C(=C(\O)c3ccc(OC)c(Br)c3)C2c2ccc(OC)c(OC)c2)cc1. The largest absolute Gasteiger partial charge is 0.507 e. The molecule has 1 N–H and O–H groups in total. The molecule has 1 saturated heterocycles. The molecule has 8 nitrogen and oxygen atoms in total. The smallest absolute Gasteiger partial charge is 0.295 e. The Morgan fingerprint density at radius 2 is 1.49 bits per heavy atom. The lowest BCUT2D eigenvalue weighted by Crippen LogP contribution is -2.29. The van der Waals surface area contributed by atoms with E-state index in [-0.39, 0.29) is 17.9 Å². The van der Waals surface area contributed by atoms with Gasteiger partial charge in [0, 0.05) is 12.1 Å². The molecule has 1 fully saturated rings. The molecule has 1 aliphatic heterocycles. The van der Waals surface area contributed by atoms with Crippen LogP contribution in [0.5, 0.6) is 23.0 Å². The van der Waals surface area contributed by atoms with Crippen LogP contribution in [-0.2, 0) is 16.1 Å². The standard InChI is InChI=1S/C28H26BrNO7/c1-34-19-9-5-16(6-10-19)15-30-25(17-7-12-22(36-3)23(14-17)37-4)24(27(32)28(30)33)26(31)18-8-11-21(35-2)20(29)13-18/h5-14,25,31H,15H2,1-4H3/b26-24-. The summed E-state index contributed by atoms with van der Waals surface area (Å²) in [7, 11) is 6.13. The molecule has 0 saturated carbocycles. The van der Waals surface area contributed by atoms with Crippen LogP contribution in [0.25, 0.3) is 5.76 Å². The molecular weight excluding hydrogens is 542 g/mol. The van der Waals surface area contributed by atoms with Gasteiger partial charge in [0.15, 0.2) is 11.5 Å². The van der Waals surface area contributed by atoms with Crippen LogP contribution in [0.15, 0.2) is 70.7 Å². The minimum absolute atomic E-state index is 0.0252.